The maximum atomic E-state index is 5.33. The second-order valence-corrected chi connectivity index (χ2v) is 4.87. The van der Waals surface area contributed by atoms with Crippen molar-refractivity contribution in [2.45, 2.75) is 19.3 Å². The molecule has 0 bridgehead atoms. The van der Waals surface area contributed by atoms with Crippen molar-refractivity contribution in [2.24, 2.45) is 0 Å². The quantitative estimate of drug-likeness (QED) is 0.911. The van der Waals surface area contributed by atoms with E-state index in [1.54, 1.807) is 0 Å². The monoisotopic (exact) mass is 258 g/mol. The lowest BCUT2D eigenvalue weighted by Crippen LogP contribution is -2.17. The number of hydrogen-bond donors (Lipinski definition) is 1. The first-order valence-corrected chi connectivity index (χ1v) is 6.64. The summed E-state index contributed by atoms with van der Waals surface area (Å²) in [5, 5.41) is 7.42. The van der Waals surface area contributed by atoms with E-state index in [1.807, 2.05) is 11.9 Å². The molecule has 0 amide bonds. The van der Waals surface area contributed by atoms with Crippen molar-refractivity contribution < 1.29 is 4.52 Å². The first-order valence-electron chi connectivity index (χ1n) is 6.64. The molecule has 5 heteroatoms. The summed E-state index contributed by atoms with van der Waals surface area (Å²) in [4.78, 5) is 6.40. The molecule has 100 valence electrons. The van der Waals surface area contributed by atoms with Crippen LogP contribution in [-0.2, 0) is 6.42 Å². The standard InChI is InChI=1S/C14H18N4O/c1-3-18(2)14-16-13(19-17-14)8-10-9-15-12-7-5-4-6-11(10)12/h4-7,10,15H,3,8-9H2,1-2H3. The van der Waals surface area contributed by atoms with E-state index in [0.717, 1.165) is 19.5 Å². The Kier molecular flexibility index (Phi) is 3.11. The summed E-state index contributed by atoms with van der Waals surface area (Å²) in [6.45, 7) is 3.86. The van der Waals surface area contributed by atoms with Crippen molar-refractivity contribution >= 4 is 11.6 Å². The summed E-state index contributed by atoms with van der Waals surface area (Å²) >= 11 is 0. The Bertz CT molecular complexity index is 566. The van der Waals surface area contributed by atoms with Crippen molar-refractivity contribution in [3.05, 3.63) is 35.7 Å². The summed E-state index contributed by atoms with van der Waals surface area (Å²) in [6.07, 6.45) is 0.786. The van der Waals surface area contributed by atoms with Gasteiger partial charge in [0.15, 0.2) is 0 Å². The molecule has 2 heterocycles. The summed E-state index contributed by atoms with van der Waals surface area (Å²) in [6, 6.07) is 8.40. The molecule has 1 unspecified atom stereocenters. The third kappa shape index (κ3) is 2.28. The minimum atomic E-state index is 0.413. The first kappa shape index (κ1) is 12.0. The lowest BCUT2D eigenvalue weighted by molar-refractivity contribution is 0.371. The van der Waals surface area contributed by atoms with Crippen LogP contribution in [0.15, 0.2) is 28.8 Å². The second kappa shape index (κ2) is 4.91. The highest BCUT2D eigenvalue weighted by atomic mass is 16.5. The molecule has 0 spiro atoms. The van der Waals surface area contributed by atoms with Gasteiger partial charge >= 0.3 is 0 Å². The number of para-hydroxylation sites is 1. The van der Waals surface area contributed by atoms with Crippen molar-refractivity contribution in [1.82, 2.24) is 10.1 Å². The van der Waals surface area contributed by atoms with E-state index in [4.69, 9.17) is 4.52 Å². The Morgan fingerprint density at radius 1 is 1.42 bits per heavy atom. The van der Waals surface area contributed by atoms with Crippen molar-refractivity contribution in [3.8, 4) is 0 Å². The number of rotatable bonds is 4. The molecule has 3 rings (SSSR count). The van der Waals surface area contributed by atoms with Crippen molar-refractivity contribution in [3.63, 3.8) is 0 Å². The molecule has 0 saturated heterocycles. The zero-order chi connectivity index (χ0) is 13.2. The van der Waals surface area contributed by atoms with E-state index in [9.17, 15) is 0 Å². The van der Waals surface area contributed by atoms with Gasteiger partial charge in [-0.05, 0) is 23.7 Å². The van der Waals surface area contributed by atoms with Gasteiger partial charge in [-0.25, -0.2) is 0 Å². The van der Waals surface area contributed by atoms with Crippen LogP contribution in [-0.4, -0.2) is 30.3 Å². The van der Waals surface area contributed by atoms with Crippen LogP contribution >= 0.6 is 0 Å². The van der Waals surface area contributed by atoms with Crippen LogP contribution in [0.1, 0.15) is 24.3 Å². The van der Waals surface area contributed by atoms with Gasteiger partial charge in [-0.3, -0.25) is 0 Å². The fraction of sp³-hybridized carbons (Fsp3) is 0.429. The van der Waals surface area contributed by atoms with E-state index in [-0.39, 0.29) is 0 Å². The van der Waals surface area contributed by atoms with Gasteiger partial charge in [-0.15, -0.1) is 0 Å². The molecule has 1 atom stereocenters. The first-order chi connectivity index (χ1) is 9.28. The topological polar surface area (TPSA) is 54.2 Å². The molecule has 1 aliphatic rings. The lowest BCUT2D eigenvalue weighted by atomic mass is 9.98. The van der Waals surface area contributed by atoms with Crippen molar-refractivity contribution in [2.75, 3.05) is 30.4 Å². The van der Waals surface area contributed by atoms with Gasteiger partial charge in [0.2, 0.25) is 5.89 Å². The summed E-state index contributed by atoms with van der Waals surface area (Å²) < 4.78 is 5.33. The number of hydrogen-bond acceptors (Lipinski definition) is 5. The molecular weight excluding hydrogens is 240 g/mol. The second-order valence-electron chi connectivity index (χ2n) is 4.87. The van der Waals surface area contributed by atoms with Gasteiger partial charge in [0, 0.05) is 38.2 Å². The van der Waals surface area contributed by atoms with E-state index in [2.05, 4.69) is 46.6 Å². The van der Waals surface area contributed by atoms with Gasteiger partial charge in [0.05, 0.1) is 0 Å². The molecule has 19 heavy (non-hydrogen) atoms. The zero-order valence-electron chi connectivity index (χ0n) is 11.3. The highest BCUT2D eigenvalue weighted by Gasteiger charge is 2.24. The molecule has 1 aliphatic heterocycles. The predicted molar refractivity (Wildman–Crippen MR) is 74.6 cm³/mol. The smallest absolute Gasteiger partial charge is 0.265 e. The Labute approximate surface area is 112 Å². The zero-order valence-corrected chi connectivity index (χ0v) is 11.3. The Hall–Kier alpha value is -2.04. The number of fused-ring (bicyclic) bond motifs is 1. The van der Waals surface area contributed by atoms with Crippen LogP contribution in [0, 0.1) is 0 Å². The van der Waals surface area contributed by atoms with E-state index >= 15 is 0 Å². The molecule has 0 aliphatic carbocycles. The van der Waals surface area contributed by atoms with Crippen LogP contribution < -0.4 is 10.2 Å². The SMILES string of the molecule is CCN(C)c1noc(CC2CNc3ccccc32)n1. The number of anilines is 2. The van der Waals surface area contributed by atoms with E-state index in [1.165, 1.54) is 11.3 Å². The Morgan fingerprint density at radius 2 is 2.26 bits per heavy atom. The predicted octanol–water partition coefficient (Wildman–Crippen LogP) is 2.28. The van der Waals surface area contributed by atoms with Gasteiger partial charge in [0.1, 0.15) is 0 Å². The maximum absolute atomic E-state index is 5.33. The number of aromatic nitrogens is 2. The average molecular weight is 258 g/mol. The molecule has 1 aromatic carbocycles. The van der Waals surface area contributed by atoms with Crippen LogP contribution in [0.25, 0.3) is 0 Å². The maximum Gasteiger partial charge on any atom is 0.265 e. The summed E-state index contributed by atoms with van der Waals surface area (Å²) in [7, 11) is 1.96. The molecule has 0 fully saturated rings. The van der Waals surface area contributed by atoms with Crippen LogP contribution in [0.4, 0.5) is 11.6 Å². The van der Waals surface area contributed by atoms with E-state index in [0.29, 0.717) is 17.8 Å². The van der Waals surface area contributed by atoms with Crippen LogP contribution in [0.5, 0.6) is 0 Å². The molecule has 1 aromatic heterocycles. The third-order valence-corrected chi connectivity index (χ3v) is 3.63. The van der Waals surface area contributed by atoms with Crippen LogP contribution in [0.2, 0.25) is 0 Å². The minimum Gasteiger partial charge on any atom is -0.384 e. The van der Waals surface area contributed by atoms with Crippen LogP contribution in [0.3, 0.4) is 0 Å². The third-order valence-electron chi connectivity index (χ3n) is 3.63. The van der Waals surface area contributed by atoms with Gasteiger partial charge in [0.25, 0.3) is 5.95 Å². The average Bonchev–Trinajstić information content (AvgIpc) is 3.06. The molecule has 0 radical (unpaired) electrons. The molecule has 2 aromatic rings. The van der Waals surface area contributed by atoms with E-state index < -0.39 is 0 Å². The molecular formula is C14H18N4O. The highest BCUT2D eigenvalue weighted by molar-refractivity contribution is 5.57. The van der Waals surface area contributed by atoms with Gasteiger partial charge in [-0.1, -0.05) is 18.2 Å². The molecule has 1 N–H and O–H groups in total. The van der Waals surface area contributed by atoms with Gasteiger partial charge < -0.3 is 14.7 Å². The normalized spacial score (nSPS) is 17.1. The number of nitrogens with zero attached hydrogens (tertiary/aromatic N) is 3. The number of nitrogens with one attached hydrogen (secondary N) is 1. The van der Waals surface area contributed by atoms with Gasteiger partial charge in [-0.2, -0.15) is 4.98 Å². The molecule has 0 saturated carbocycles. The largest absolute Gasteiger partial charge is 0.384 e. The van der Waals surface area contributed by atoms with Crippen molar-refractivity contribution in [1.29, 1.82) is 0 Å². The minimum absolute atomic E-state index is 0.413. The fourth-order valence-electron chi connectivity index (χ4n) is 2.38. The number of benzene rings is 1. The molecule has 5 nitrogen and oxygen atoms in total. The fourth-order valence-corrected chi connectivity index (χ4v) is 2.38. The Morgan fingerprint density at radius 3 is 3.11 bits per heavy atom. The summed E-state index contributed by atoms with van der Waals surface area (Å²) in [5.74, 6) is 1.78. The summed E-state index contributed by atoms with van der Waals surface area (Å²) in [5.41, 5.74) is 2.56. The Balaban J connectivity index is 1.74. The highest BCUT2D eigenvalue weighted by Crippen LogP contribution is 2.33. The lowest BCUT2D eigenvalue weighted by Gasteiger charge is -2.09.